The Morgan fingerprint density at radius 3 is 2.45 bits per heavy atom. The molecule has 31 heavy (non-hydrogen) atoms. The zero-order chi connectivity index (χ0) is 21.8. The van der Waals surface area contributed by atoms with Crippen molar-refractivity contribution in [3.8, 4) is 0 Å². The lowest BCUT2D eigenvalue weighted by atomic mass is 9.76. The molecule has 160 valence electrons. The molecule has 3 heterocycles. The number of amides is 3. The molecule has 7 heteroatoms. The normalized spacial score (nSPS) is 29.2. The molecule has 0 unspecified atom stereocenters. The van der Waals surface area contributed by atoms with Crippen molar-refractivity contribution in [3.63, 3.8) is 0 Å². The molecule has 2 fully saturated rings. The first-order chi connectivity index (χ1) is 15.0. The van der Waals surface area contributed by atoms with E-state index in [4.69, 9.17) is 0 Å². The lowest BCUT2D eigenvalue weighted by Gasteiger charge is -2.30. The molecule has 1 N–H and O–H groups in total. The second-order valence-electron chi connectivity index (χ2n) is 8.47. The molecule has 2 aromatic carbocycles. The highest BCUT2D eigenvalue weighted by Gasteiger charge is 2.71. The minimum absolute atomic E-state index is 0.155. The van der Waals surface area contributed by atoms with Crippen LogP contribution in [0.5, 0.6) is 0 Å². The van der Waals surface area contributed by atoms with Gasteiger partial charge in [-0.15, -0.1) is 0 Å². The Balaban J connectivity index is 1.60. The van der Waals surface area contributed by atoms with Crippen molar-refractivity contribution in [2.45, 2.75) is 24.5 Å². The Hall–Kier alpha value is -2.64. The van der Waals surface area contributed by atoms with E-state index in [2.05, 4.69) is 5.32 Å². The molecule has 2 saturated heterocycles. The average Bonchev–Trinajstić information content (AvgIpc) is 3.34. The van der Waals surface area contributed by atoms with Gasteiger partial charge in [0.2, 0.25) is 11.8 Å². The summed E-state index contributed by atoms with van der Waals surface area (Å²) in [6, 6.07) is 16.9. The number of hydrogen-bond acceptors (Lipinski definition) is 5. The molecule has 0 bridgehead atoms. The summed E-state index contributed by atoms with van der Waals surface area (Å²) in [7, 11) is 1.74. The summed E-state index contributed by atoms with van der Waals surface area (Å²) in [6.07, 6.45) is 2.75. The van der Waals surface area contributed by atoms with Gasteiger partial charge in [0.05, 0.1) is 18.4 Å². The number of anilines is 1. The van der Waals surface area contributed by atoms with Crippen LogP contribution in [0.4, 0.5) is 5.69 Å². The van der Waals surface area contributed by atoms with Crippen molar-refractivity contribution in [3.05, 3.63) is 65.7 Å². The van der Waals surface area contributed by atoms with E-state index in [9.17, 15) is 14.4 Å². The summed E-state index contributed by atoms with van der Waals surface area (Å²) in [5.74, 6) is -0.993. The monoisotopic (exact) mass is 435 g/mol. The maximum absolute atomic E-state index is 13.7. The zero-order valence-corrected chi connectivity index (χ0v) is 18.4. The van der Waals surface area contributed by atoms with E-state index < -0.39 is 17.4 Å². The van der Waals surface area contributed by atoms with Gasteiger partial charge in [0.25, 0.3) is 5.91 Å². The van der Waals surface area contributed by atoms with Crippen LogP contribution < -0.4 is 10.2 Å². The third-order valence-electron chi connectivity index (χ3n) is 6.90. The van der Waals surface area contributed by atoms with Gasteiger partial charge < -0.3 is 4.90 Å². The average molecular weight is 436 g/mol. The molecule has 5 rings (SSSR count). The topological polar surface area (TPSA) is 69.7 Å². The molecule has 0 aliphatic carbocycles. The maximum Gasteiger partial charge on any atom is 0.252 e. The highest BCUT2D eigenvalue weighted by atomic mass is 32.2. The molecule has 3 amide bonds. The van der Waals surface area contributed by atoms with E-state index in [-0.39, 0.29) is 30.3 Å². The molecule has 2 aromatic rings. The molecule has 0 radical (unpaired) electrons. The first-order valence-electron chi connectivity index (χ1n) is 10.5. The largest absolute Gasteiger partial charge is 0.313 e. The highest BCUT2D eigenvalue weighted by molar-refractivity contribution is 7.98. The van der Waals surface area contributed by atoms with E-state index in [0.29, 0.717) is 0 Å². The van der Waals surface area contributed by atoms with Gasteiger partial charge in [-0.25, -0.2) is 0 Å². The number of carbonyl (C=O) groups excluding carboxylic acids is 3. The summed E-state index contributed by atoms with van der Waals surface area (Å²) >= 11 is 1.70. The molecular weight excluding hydrogens is 410 g/mol. The van der Waals surface area contributed by atoms with Crippen molar-refractivity contribution in [2.75, 3.05) is 24.0 Å². The van der Waals surface area contributed by atoms with Gasteiger partial charge >= 0.3 is 0 Å². The van der Waals surface area contributed by atoms with Gasteiger partial charge in [-0.05, 0) is 30.1 Å². The molecule has 1 spiro atoms. The first kappa shape index (κ1) is 20.3. The molecule has 3 aliphatic heterocycles. The lowest BCUT2D eigenvalue weighted by molar-refractivity contribution is -0.143. The van der Waals surface area contributed by atoms with Gasteiger partial charge in [-0.3, -0.25) is 24.6 Å². The Morgan fingerprint density at radius 1 is 1.00 bits per heavy atom. The standard InChI is InChI=1S/C24H25N3O3S/c1-26-18-11-7-6-10-16(18)24(23(26)30)20-19(17(25-24)12-13-31-2)21(28)27(22(20)29)14-15-8-4-3-5-9-15/h3-11,17,19-20,25H,12-14H2,1-2H3/t17-,19+,20-,24+/m0/s1. The highest BCUT2D eigenvalue weighted by Crippen LogP contribution is 2.54. The van der Waals surface area contributed by atoms with Crippen molar-refractivity contribution < 1.29 is 14.4 Å². The fraction of sp³-hybridized carbons (Fsp3) is 0.375. The van der Waals surface area contributed by atoms with E-state index in [1.165, 1.54) is 4.90 Å². The van der Waals surface area contributed by atoms with Crippen LogP contribution >= 0.6 is 11.8 Å². The van der Waals surface area contributed by atoms with Crippen LogP contribution in [0.25, 0.3) is 0 Å². The SMILES string of the molecule is CSCC[C@@H]1N[C@@]2(C(=O)N(C)c3ccccc32)[C@@H]2C(=O)N(Cc3ccccc3)C(=O)[C@H]12. The number of carbonyl (C=O) groups is 3. The summed E-state index contributed by atoms with van der Waals surface area (Å²) in [5.41, 5.74) is 1.32. The summed E-state index contributed by atoms with van der Waals surface area (Å²) < 4.78 is 0. The predicted molar refractivity (Wildman–Crippen MR) is 120 cm³/mol. The number of likely N-dealkylation sites (N-methyl/N-ethyl adjacent to an activating group) is 1. The van der Waals surface area contributed by atoms with Crippen LogP contribution in [-0.4, -0.2) is 47.7 Å². The number of nitrogens with zero attached hydrogens (tertiary/aromatic N) is 2. The summed E-state index contributed by atoms with van der Waals surface area (Å²) in [4.78, 5) is 43.9. The molecule has 6 nitrogen and oxygen atoms in total. The minimum atomic E-state index is -1.18. The smallest absolute Gasteiger partial charge is 0.252 e. The fourth-order valence-corrected chi connectivity index (χ4v) is 6.02. The van der Waals surface area contributed by atoms with Crippen LogP contribution in [0.2, 0.25) is 0 Å². The summed E-state index contributed by atoms with van der Waals surface area (Å²) in [5, 5.41) is 3.51. The summed E-state index contributed by atoms with van der Waals surface area (Å²) in [6.45, 7) is 0.239. The van der Waals surface area contributed by atoms with Crippen LogP contribution in [0.3, 0.4) is 0 Å². The van der Waals surface area contributed by atoms with Crippen molar-refractivity contribution in [1.29, 1.82) is 0 Å². The Bertz CT molecular complexity index is 1060. The van der Waals surface area contributed by atoms with Gasteiger partial charge in [-0.2, -0.15) is 11.8 Å². The molecule has 0 saturated carbocycles. The number of nitrogens with one attached hydrogen (secondary N) is 1. The van der Waals surface area contributed by atoms with Crippen LogP contribution in [0.15, 0.2) is 54.6 Å². The van der Waals surface area contributed by atoms with Crippen LogP contribution in [0.1, 0.15) is 17.5 Å². The van der Waals surface area contributed by atoms with Crippen LogP contribution in [-0.2, 0) is 26.5 Å². The number of likely N-dealkylation sites (tertiary alicyclic amines) is 1. The van der Waals surface area contributed by atoms with Gasteiger partial charge in [0.15, 0.2) is 0 Å². The molecular formula is C24H25N3O3S. The lowest BCUT2D eigenvalue weighted by Crippen LogP contribution is -2.54. The first-order valence-corrected chi connectivity index (χ1v) is 11.9. The number of thioether (sulfide) groups is 1. The fourth-order valence-electron chi connectivity index (χ4n) is 5.53. The number of rotatable bonds is 5. The minimum Gasteiger partial charge on any atom is -0.313 e. The maximum atomic E-state index is 13.7. The zero-order valence-electron chi connectivity index (χ0n) is 17.6. The van der Waals surface area contributed by atoms with Crippen molar-refractivity contribution in [1.82, 2.24) is 10.2 Å². The van der Waals surface area contributed by atoms with E-state index in [1.807, 2.05) is 60.9 Å². The van der Waals surface area contributed by atoms with E-state index >= 15 is 0 Å². The molecule has 0 aromatic heterocycles. The second kappa shape index (κ2) is 7.50. The van der Waals surface area contributed by atoms with Gasteiger partial charge in [-0.1, -0.05) is 48.5 Å². The Kier molecular flexibility index (Phi) is 4.90. The van der Waals surface area contributed by atoms with E-state index in [0.717, 1.165) is 29.0 Å². The van der Waals surface area contributed by atoms with Crippen molar-refractivity contribution in [2.24, 2.45) is 11.8 Å². The predicted octanol–water partition coefficient (Wildman–Crippen LogP) is 2.38. The van der Waals surface area contributed by atoms with Crippen LogP contribution in [0, 0.1) is 11.8 Å². The van der Waals surface area contributed by atoms with Gasteiger partial charge in [0, 0.05) is 24.3 Å². The Labute approximate surface area is 186 Å². The van der Waals surface area contributed by atoms with E-state index in [1.54, 1.807) is 23.7 Å². The quantitative estimate of drug-likeness (QED) is 0.731. The molecule has 4 atom stereocenters. The number of fused-ring (bicyclic) bond motifs is 4. The van der Waals surface area contributed by atoms with Gasteiger partial charge in [0.1, 0.15) is 5.54 Å². The number of imide groups is 1. The number of hydrogen-bond donors (Lipinski definition) is 1. The third kappa shape index (κ3) is 2.79. The Morgan fingerprint density at radius 2 is 1.71 bits per heavy atom. The third-order valence-corrected chi connectivity index (χ3v) is 7.55. The number of benzene rings is 2. The second-order valence-corrected chi connectivity index (χ2v) is 9.46. The number of para-hydroxylation sites is 1. The van der Waals surface area contributed by atoms with Crippen molar-refractivity contribution >= 4 is 35.2 Å². The molecule has 3 aliphatic rings.